The average Bonchev–Trinajstić information content (AvgIpc) is 3.10. The van der Waals surface area contributed by atoms with Crippen LogP contribution in [0.25, 0.3) is 0 Å². The van der Waals surface area contributed by atoms with Gasteiger partial charge in [0.25, 0.3) is 5.91 Å². The van der Waals surface area contributed by atoms with Crippen LogP contribution in [-0.2, 0) is 0 Å². The molecule has 2 saturated heterocycles. The van der Waals surface area contributed by atoms with Crippen molar-refractivity contribution in [3.05, 3.63) is 18.0 Å². The van der Waals surface area contributed by atoms with Crippen LogP contribution in [-0.4, -0.2) is 64.2 Å². The van der Waals surface area contributed by atoms with Crippen LogP contribution in [0.3, 0.4) is 0 Å². The van der Waals surface area contributed by atoms with Gasteiger partial charge in [-0.25, -0.2) is 0 Å². The molecule has 6 nitrogen and oxygen atoms in total. The minimum atomic E-state index is 0.0636. The number of aromatic amines is 1. The largest absolute Gasteiger partial charge is 0.336 e. The smallest absolute Gasteiger partial charge is 0.271 e. The number of nitrogens with one attached hydrogen (secondary N) is 1. The van der Waals surface area contributed by atoms with E-state index in [9.17, 15) is 4.79 Å². The topological polar surface area (TPSA) is 78.2 Å². The summed E-state index contributed by atoms with van der Waals surface area (Å²) >= 11 is 0. The van der Waals surface area contributed by atoms with E-state index in [4.69, 9.17) is 5.73 Å². The molecule has 1 aromatic rings. The summed E-state index contributed by atoms with van der Waals surface area (Å²) in [6.45, 7) is 3.80. The first-order chi connectivity index (χ1) is 9.24. The second-order valence-electron chi connectivity index (χ2n) is 5.54. The Balaban J connectivity index is 1.57. The van der Waals surface area contributed by atoms with Gasteiger partial charge >= 0.3 is 0 Å². The van der Waals surface area contributed by atoms with Crippen molar-refractivity contribution < 1.29 is 4.79 Å². The Hall–Kier alpha value is -1.40. The van der Waals surface area contributed by atoms with Crippen LogP contribution in [0.2, 0.25) is 0 Å². The van der Waals surface area contributed by atoms with E-state index in [2.05, 4.69) is 15.1 Å². The minimum absolute atomic E-state index is 0.0636. The maximum absolute atomic E-state index is 12.2. The van der Waals surface area contributed by atoms with E-state index >= 15 is 0 Å². The number of carbonyl (C=O) groups excluding carboxylic acids is 1. The zero-order valence-corrected chi connectivity index (χ0v) is 11.1. The fourth-order valence-electron chi connectivity index (χ4n) is 3.05. The van der Waals surface area contributed by atoms with E-state index < -0.39 is 0 Å². The third-order valence-electron chi connectivity index (χ3n) is 4.27. The van der Waals surface area contributed by atoms with Crippen LogP contribution in [0.15, 0.2) is 12.3 Å². The van der Waals surface area contributed by atoms with Crippen molar-refractivity contribution in [1.82, 2.24) is 20.0 Å². The van der Waals surface area contributed by atoms with Gasteiger partial charge in [0.15, 0.2) is 0 Å². The molecule has 6 heteroatoms. The number of hydrogen-bond acceptors (Lipinski definition) is 4. The molecule has 0 radical (unpaired) electrons. The number of amides is 1. The predicted molar refractivity (Wildman–Crippen MR) is 71.7 cm³/mol. The predicted octanol–water partition coefficient (Wildman–Crippen LogP) is 0.0473. The maximum Gasteiger partial charge on any atom is 0.271 e. The van der Waals surface area contributed by atoms with E-state index in [1.54, 1.807) is 12.3 Å². The van der Waals surface area contributed by atoms with Gasteiger partial charge in [0, 0.05) is 31.4 Å². The molecular formula is C13H21N5O. The zero-order valence-electron chi connectivity index (χ0n) is 11.1. The van der Waals surface area contributed by atoms with Crippen molar-refractivity contribution in [1.29, 1.82) is 0 Å². The summed E-state index contributed by atoms with van der Waals surface area (Å²) in [5.74, 6) is 0.0636. The number of rotatable bonds is 2. The molecule has 3 heterocycles. The number of nitrogens with two attached hydrogens (primary N) is 1. The third-order valence-corrected chi connectivity index (χ3v) is 4.27. The van der Waals surface area contributed by atoms with Crippen LogP contribution in [0, 0.1) is 0 Å². The lowest BCUT2D eigenvalue weighted by molar-refractivity contribution is 0.0763. The molecule has 0 bridgehead atoms. The number of H-pyrrole nitrogens is 1. The number of carbonyl (C=O) groups is 1. The molecule has 0 aromatic carbocycles. The second-order valence-corrected chi connectivity index (χ2v) is 5.54. The van der Waals surface area contributed by atoms with E-state index in [0.717, 1.165) is 45.4 Å². The van der Waals surface area contributed by atoms with Crippen LogP contribution in [0.1, 0.15) is 29.8 Å². The van der Waals surface area contributed by atoms with Gasteiger partial charge in [-0.1, -0.05) is 0 Å². The van der Waals surface area contributed by atoms with Crippen LogP contribution >= 0.6 is 0 Å². The highest BCUT2D eigenvalue weighted by Gasteiger charge is 2.32. The summed E-state index contributed by atoms with van der Waals surface area (Å²) in [5.41, 5.74) is 6.52. The molecule has 1 amide bonds. The zero-order chi connectivity index (χ0) is 13.2. The summed E-state index contributed by atoms with van der Waals surface area (Å²) < 4.78 is 0. The van der Waals surface area contributed by atoms with E-state index in [0.29, 0.717) is 17.8 Å². The van der Waals surface area contributed by atoms with Crippen LogP contribution < -0.4 is 5.73 Å². The van der Waals surface area contributed by atoms with E-state index in [-0.39, 0.29) is 5.91 Å². The van der Waals surface area contributed by atoms with Crippen molar-refractivity contribution in [2.45, 2.75) is 31.3 Å². The van der Waals surface area contributed by atoms with Gasteiger partial charge in [-0.2, -0.15) is 5.10 Å². The van der Waals surface area contributed by atoms with Gasteiger partial charge in [-0.05, 0) is 38.4 Å². The molecule has 0 spiro atoms. The molecule has 19 heavy (non-hydrogen) atoms. The second kappa shape index (κ2) is 5.30. The van der Waals surface area contributed by atoms with Crippen LogP contribution in [0.5, 0.6) is 0 Å². The Morgan fingerprint density at radius 1 is 1.32 bits per heavy atom. The van der Waals surface area contributed by atoms with Gasteiger partial charge < -0.3 is 10.6 Å². The number of likely N-dealkylation sites (tertiary alicyclic amines) is 2. The Labute approximate surface area is 112 Å². The van der Waals surface area contributed by atoms with Crippen molar-refractivity contribution in [3.63, 3.8) is 0 Å². The molecule has 1 unspecified atom stereocenters. The van der Waals surface area contributed by atoms with Crippen molar-refractivity contribution >= 4 is 5.91 Å². The minimum Gasteiger partial charge on any atom is -0.336 e. The van der Waals surface area contributed by atoms with E-state index in [1.165, 1.54) is 0 Å². The third kappa shape index (κ3) is 2.64. The first-order valence-electron chi connectivity index (χ1n) is 7.02. The highest BCUT2D eigenvalue weighted by Crippen LogP contribution is 2.21. The lowest BCUT2D eigenvalue weighted by Crippen LogP contribution is -2.46. The SMILES string of the molecule is NC1CCN(C2CCN(C(=O)c3ccn[nH]3)C2)CC1. The standard InChI is InChI=1S/C13H21N5O/c14-10-2-6-17(7-3-10)11-4-8-18(9-11)13(19)12-1-5-15-16-12/h1,5,10-11H,2-4,6-9,14H2,(H,15,16). The highest BCUT2D eigenvalue weighted by atomic mass is 16.2. The molecule has 0 aliphatic carbocycles. The maximum atomic E-state index is 12.2. The van der Waals surface area contributed by atoms with Crippen LogP contribution in [0.4, 0.5) is 0 Å². The first kappa shape index (κ1) is 12.6. The Kier molecular flexibility index (Phi) is 3.52. The quantitative estimate of drug-likeness (QED) is 0.790. The first-order valence-corrected chi connectivity index (χ1v) is 7.02. The molecular weight excluding hydrogens is 242 g/mol. The molecule has 2 fully saturated rings. The Bertz CT molecular complexity index is 424. The number of aromatic nitrogens is 2. The monoisotopic (exact) mass is 263 g/mol. The number of hydrogen-bond donors (Lipinski definition) is 2. The molecule has 1 aromatic heterocycles. The van der Waals surface area contributed by atoms with Gasteiger partial charge in [0.1, 0.15) is 5.69 Å². The van der Waals surface area contributed by atoms with Gasteiger partial charge in [-0.15, -0.1) is 0 Å². The van der Waals surface area contributed by atoms with Gasteiger partial charge in [0.2, 0.25) is 0 Å². The van der Waals surface area contributed by atoms with Gasteiger partial charge in [-0.3, -0.25) is 14.8 Å². The molecule has 104 valence electrons. The molecule has 3 N–H and O–H groups in total. The molecule has 2 aliphatic heterocycles. The normalized spacial score (nSPS) is 25.9. The molecule has 1 atom stereocenters. The average molecular weight is 263 g/mol. The Morgan fingerprint density at radius 2 is 2.11 bits per heavy atom. The molecule has 2 aliphatic rings. The molecule has 0 saturated carbocycles. The Morgan fingerprint density at radius 3 is 2.79 bits per heavy atom. The lowest BCUT2D eigenvalue weighted by atomic mass is 10.0. The summed E-state index contributed by atoms with van der Waals surface area (Å²) in [5, 5.41) is 6.58. The van der Waals surface area contributed by atoms with Crippen molar-refractivity contribution in [2.24, 2.45) is 5.73 Å². The fraction of sp³-hybridized carbons (Fsp3) is 0.692. The van der Waals surface area contributed by atoms with Gasteiger partial charge in [0.05, 0.1) is 0 Å². The molecule has 3 rings (SSSR count). The van der Waals surface area contributed by atoms with Crippen molar-refractivity contribution in [2.75, 3.05) is 26.2 Å². The summed E-state index contributed by atoms with van der Waals surface area (Å²) in [6, 6.07) is 2.59. The number of piperidine rings is 1. The summed E-state index contributed by atoms with van der Waals surface area (Å²) in [4.78, 5) is 16.6. The summed E-state index contributed by atoms with van der Waals surface area (Å²) in [7, 11) is 0. The highest BCUT2D eigenvalue weighted by molar-refractivity contribution is 5.92. The van der Waals surface area contributed by atoms with Crippen molar-refractivity contribution in [3.8, 4) is 0 Å². The van der Waals surface area contributed by atoms with E-state index in [1.807, 2.05) is 4.90 Å². The number of nitrogens with zero attached hydrogens (tertiary/aromatic N) is 3. The lowest BCUT2D eigenvalue weighted by Gasteiger charge is -2.34. The fourth-order valence-corrected chi connectivity index (χ4v) is 3.05. The summed E-state index contributed by atoms with van der Waals surface area (Å²) in [6.07, 6.45) is 4.83.